The lowest BCUT2D eigenvalue weighted by Crippen LogP contribution is -2.28. The average Bonchev–Trinajstić information content (AvgIpc) is 2.45. The summed E-state index contributed by atoms with van der Waals surface area (Å²) < 4.78 is 18.9. The van der Waals surface area contributed by atoms with Crippen LogP contribution in [-0.2, 0) is 0 Å². The third-order valence-electron chi connectivity index (χ3n) is 3.65. The van der Waals surface area contributed by atoms with E-state index in [1.165, 1.54) is 7.11 Å². The summed E-state index contributed by atoms with van der Waals surface area (Å²) in [4.78, 5) is 8.10. The van der Waals surface area contributed by atoms with E-state index < -0.39 is 5.82 Å². The van der Waals surface area contributed by atoms with E-state index in [2.05, 4.69) is 20.6 Å². The van der Waals surface area contributed by atoms with Gasteiger partial charge in [-0.15, -0.1) is 0 Å². The number of rotatable bonds is 5. The second-order valence-electron chi connectivity index (χ2n) is 5.26. The third kappa shape index (κ3) is 3.59. The lowest BCUT2D eigenvalue weighted by molar-refractivity contribution is 0.415. The van der Waals surface area contributed by atoms with Crippen LogP contribution in [-0.4, -0.2) is 23.1 Å². The van der Waals surface area contributed by atoms with Gasteiger partial charge in [0.1, 0.15) is 0 Å². The number of aromatic nitrogens is 2. The predicted octanol–water partition coefficient (Wildman–Crippen LogP) is 4.64. The summed E-state index contributed by atoms with van der Waals surface area (Å²) in [5.74, 6) is 0.364. The molecule has 1 aromatic carbocycles. The first-order valence-electron chi connectivity index (χ1n) is 7.16. The topological polar surface area (TPSA) is 59.1 Å². The molecule has 1 saturated carbocycles. The van der Waals surface area contributed by atoms with Crippen LogP contribution in [0.15, 0.2) is 18.3 Å². The summed E-state index contributed by atoms with van der Waals surface area (Å²) in [5, 5.41) is 6.75. The quantitative estimate of drug-likeness (QED) is 0.817. The van der Waals surface area contributed by atoms with E-state index in [9.17, 15) is 4.39 Å². The first kappa shape index (κ1) is 16.1. The summed E-state index contributed by atoms with van der Waals surface area (Å²) in [5.41, 5.74) is 0.585. The molecule has 2 N–H and O–H groups in total. The molecule has 1 aliphatic carbocycles. The summed E-state index contributed by atoms with van der Waals surface area (Å²) in [6.07, 6.45) is 4.33. The fourth-order valence-electron chi connectivity index (χ4n) is 2.23. The number of nitrogens with one attached hydrogen (secondary N) is 2. The van der Waals surface area contributed by atoms with Gasteiger partial charge in [0.05, 0.1) is 23.4 Å². The fourth-order valence-corrected chi connectivity index (χ4v) is 2.87. The van der Waals surface area contributed by atoms with Gasteiger partial charge in [-0.3, -0.25) is 0 Å². The Balaban J connectivity index is 1.81. The Morgan fingerprint density at radius 1 is 1.26 bits per heavy atom. The van der Waals surface area contributed by atoms with Crippen molar-refractivity contribution in [1.29, 1.82) is 0 Å². The summed E-state index contributed by atoms with van der Waals surface area (Å²) in [6, 6.07) is 3.55. The molecule has 0 spiro atoms. The zero-order chi connectivity index (χ0) is 16.4. The normalized spacial score (nSPS) is 14.3. The molecule has 0 amide bonds. The molecule has 1 aliphatic rings. The van der Waals surface area contributed by atoms with Crippen LogP contribution in [0.3, 0.4) is 0 Å². The minimum Gasteiger partial charge on any atom is -0.494 e. The molecule has 5 nitrogen and oxygen atoms in total. The molecule has 3 rings (SSSR count). The highest BCUT2D eigenvalue weighted by molar-refractivity contribution is 6.37. The van der Waals surface area contributed by atoms with Crippen LogP contribution in [0.25, 0.3) is 0 Å². The van der Waals surface area contributed by atoms with Gasteiger partial charge in [-0.1, -0.05) is 23.2 Å². The van der Waals surface area contributed by atoms with E-state index in [1.54, 1.807) is 12.1 Å². The van der Waals surface area contributed by atoms with Gasteiger partial charge in [-0.05, 0) is 31.4 Å². The van der Waals surface area contributed by atoms with Gasteiger partial charge in [0.2, 0.25) is 5.95 Å². The zero-order valence-corrected chi connectivity index (χ0v) is 13.9. The van der Waals surface area contributed by atoms with Gasteiger partial charge in [-0.25, -0.2) is 9.37 Å². The highest BCUT2D eigenvalue weighted by Crippen LogP contribution is 2.36. The van der Waals surface area contributed by atoms with Crippen molar-refractivity contribution in [2.45, 2.75) is 25.3 Å². The summed E-state index contributed by atoms with van der Waals surface area (Å²) in [6.45, 7) is 0. The van der Waals surface area contributed by atoms with Crippen molar-refractivity contribution in [3.8, 4) is 5.75 Å². The van der Waals surface area contributed by atoms with E-state index >= 15 is 0 Å². The van der Waals surface area contributed by atoms with E-state index in [1.807, 2.05) is 0 Å². The van der Waals surface area contributed by atoms with E-state index in [0.717, 1.165) is 25.5 Å². The van der Waals surface area contributed by atoms with Gasteiger partial charge in [-0.2, -0.15) is 4.98 Å². The Morgan fingerprint density at radius 3 is 2.52 bits per heavy atom. The van der Waals surface area contributed by atoms with Crippen molar-refractivity contribution in [3.05, 3.63) is 34.2 Å². The molecule has 1 fully saturated rings. The Bertz CT molecular complexity index is 702. The second kappa shape index (κ2) is 6.76. The number of hydrogen-bond donors (Lipinski definition) is 2. The Kier molecular flexibility index (Phi) is 4.73. The smallest absolute Gasteiger partial charge is 0.229 e. The van der Waals surface area contributed by atoms with Crippen molar-refractivity contribution in [1.82, 2.24) is 9.97 Å². The Morgan fingerprint density at radius 2 is 1.96 bits per heavy atom. The largest absolute Gasteiger partial charge is 0.494 e. The summed E-state index contributed by atoms with van der Waals surface area (Å²) >= 11 is 12.2. The Labute approximate surface area is 143 Å². The van der Waals surface area contributed by atoms with Crippen LogP contribution in [0, 0.1) is 5.82 Å². The first-order valence-corrected chi connectivity index (χ1v) is 7.91. The van der Waals surface area contributed by atoms with Crippen LogP contribution in [0.4, 0.5) is 21.8 Å². The van der Waals surface area contributed by atoms with Crippen LogP contribution < -0.4 is 15.4 Å². The lowest BCUT2D eigenvalue weighted by Gasteiger charge is -2.27. The molecule has 2 aromatic rings. The number of nitrogens with zero attached hydrogens (tertiary/aromatic N) is 2. The van der Waals surface area contributed by atoms with E-state index in [4.69, 9.17) is 27.9 Å². The van der Waals surface area contributed by atoms with Crippen molar-refractivity contribution >= 4 is 40.7 Å². The van der Waals surface area contributed by atoms with Gasteiger partial charge in [0.15, 0.2) is 17.4 Å². The molecule has 0 atom stereocenters. The van der Waals surface area contributed by atoms with Crippen LogP contribution >= 0.6 is 23.2 Å². The van der Waals surface area contributed by atoms with Crippen molar-refractivity contribution in [2.75, 3.05) is 17.7 Å². The molecule has 0 unspecified atom stereocenters. The van der Waals surface area contributed by atoms with E-state index in [-0.39, 0.29) is 17.8 Å². The molecule has 0 radical (unpaired) electrons. The number of ether oxygens (including phenoxy) is 1. The molecular weight excluding hydrogens is 342 g/mol. The fraction of sp³-hybridized carbons (Fsp3) is 0.333. The monoisotopic (exact) mass is 356 g/mol. The van der Waals surface area contributed by atoms with Gasteiger partial charge in [0.25, 0.3) is 0 Å². The van der Waals surface area contributed by atoms with Gasteiger partial charge < -0.3 is 15.4 Å². The molecule has 1 heterocycles. The van der Waals surface area contributed by atoms with Crippen molar-refractivity contribution in [3.63, 3.8) is 0 Å². The molecule has 0 saturated heterocycles. The van der Waals surface area contributed by atoms with Gasteiger partial charge >= 0.3 is 0 Å². The third-order valence-corrected chi connectivity index (χ3v) is 4.21. The SMILES string of the molecule is COc1c(Cl)cc(Nc2ncc(F)c(NC3CCC3)n2)cc1Cl. The molecular formula is C15H15Cl2FN4O. The van der Waals surface area contributed by atoms with Crippen LogP contribution in [0.2, 0.25) is 10.0 Å². The van der Waals surface area contributed by atoms with E-state index in [0.29, 0.717) is 21.5 Å². The standard InChI is InChI=1S/C15H15Cl2FN4O/c1-23-13-10(16)5-9(6-11(13)17)21-15-19-7-12(18)14(22-15)20-8-3-2-4-8/h5-8H,2-4H2,1H3,(H2,19,20,21,22). The van der Waals surface area contributed by atoms with Crippen molar-refractivity contribution in [2.24, 2.45) is 0 Å². The molecule has 8 heteroatoms. The molecule has 0 aliphatic heterocycles. The lowest BCUT2D eigenvalue weighted by atomic mass is 9.93. The number of hydrogen-bond acceptors (Lipinski definition) is 5. The maximum absolute atomic E-state index is 13.8. The molecule has 122 valence electrons. The Hall–Kier alpha value is -1.79. The zero-order valence-electron chi connectivity index (χ0n) is 12.4. The first-order chi connectivity index (χ1) is 11.1. The maximum Gasteiger partial charge on any atom is 0.229 e. The van der Waals surface area contributed by atoms with Crippen LogP contribution in [0.1, 0.15) is 19.3 Å². The minimum atomic E-state index is -0.478. The summed E-state index contributed by atoms with van der Waals surface area (Å²) in [7, 11) is 1.49. The average molecular weight is 357 g/mol. The van der Waals surface area contributed by atoms with Crippen LogP contribution in [0.5, 0.6) is 5.75 Å². The maximum atomic E-state index is 13.8. The van der Waals surface area contributed by atoms with Gasteiger partial charge in [0, 0.05) is 11.7 Å². The minimum absolute atomic E-state index is 0.193. The molecule has 1 aromatic heterocycles. The predicted molar refractivity (Wildman–Crippen MR) is 89.5 cm³/mol. The highest BCUT2D eigenvalue weighted by atomic mass is 35.5. The number of halogens is 3. The highest BCUT2D eigenvalue weighted by Gasteiger charge is 2.19. The number of methoxy groups -OCH3 is 1. The molecule has 0 bridgehead atoms. The second-order valence-corrected chi connectivity index (χ2v) is 6.07. The number of anilines is 3. The van der Waals surface area contributed by atoms with Crippen molar-refractivity contribution < 1.29 is 9.13 Å². The molecule has 23 heavy (non-hydrogen) atoms. The number of benzene rings is 1.